The number of aromatic nitrogens is 1. The monoisotopic (exact) mass is 284 g/mol. The van der Waals surface area contributed by atoms with E-state index in [1.165, 1.54) is 0 Å². The van der Waals surface area contributed by atoms with Gasteiger partial charge in [0.1, 0.15) is 0 Å². The molecule has 2 aromatic rings. The van der Waals surface area contributed by atoms with Crippen molar-refractivity contribution in [3.63, 3.8) is 0 Å². The Morgan fingerprint density at radius 3 is 2.89 bits per heavy atom. The van der Waals surface area contributed by atoms with Crippen LogP contribution >= 0.6 is 22.9 Å². The Balaban J connectivity index is 2.04. The van der Waals surface area contributed by atoms with Crippen LogP contribution in [0.15, 0.2) is 16.0 Å². The fourth-order valence-corrected chi connectivity index (χ4v) is 2.79. The highest BCUT2D eigenvalue weighted by Gasteiger charge is 2.13. The van der Waals surface area contributed by atoms with Crippen molar-refractivity contribution < 1.29 is 4.42 Å². The maximum Gasteiger partial charge on any atom is 0.208 e. The van der Waals surface area contributed by atoms with Gasteiger partial charge in [-0.05, 0) is 30.3 Å². The molecule has 0 atom stereocenters. The summed E-state index contributed by atoms with van der Waals surface area (Å²) in [6, 6.07) is 0. The average Bonchev–Trinajstić information content (AvgIpc) is 2.88. The first kappa shape index (κ1) is 13.6. The third kappa shape index (κ3) is 3.13. The fraction of sp³-hybridized carbons (Fsp3) is 0.462. The highest BCUT2D eigenvalue weighted by atomic mass is 35.5. The molecule has 0 spiro atoms. The molecular weight excluding hydrogens is 268 g/mol. The first-order valence-corrected chi connectivity index (χ1v) is 7.23. The Bertz CT molecular complexity index is 519. The van der Waals surface area contributed by atoms with E-state index in [4.69, 9.17) is 16.0 Å². The van der Waals surface area contributed by atoms with Crippen molar-refractivity contribution in [2.75, 3.05) is 6.54 Å². The molecule has 0 aliphatic rings. The van der Waals surface area contributed by atoms with Gasteiger partial charge in [-0.1, -0.05) is 25.4 Å². The molecule has 0 amide bonds. The molecule has 0 bridgehead atoms. The third-order valence-corrected chi connectivity index (χ3v) is 4.22. The van der Waals surface area contributed by atoms with Gasteiger partial charge in [-0.3, -0.25) is 0 Å². The summed E-state index contributed by atoms with van der Waals surface area (Å²) in [6.45, 7) is 7.94. The summed E-state index contributed by atoms with van der Waals surface area (Å²) in [5.41, 5.74) is 1.08. The van der Waals surface area contributed by atoms with Gasteiger partial charge >= 0.3 is 0 Å². The van der Waals surface area contributed by atoms with E-state index in [1.807, 2.05) is 12.3 Å². The standard InChI is InChI=1S/C13H17ClN2OS/c1-8(2)4-15-6-11-16-5-10(17-11)13-12(14)9(3)7-18-13/h5,7-8,15H,4,6H2,1-3H3. The molecule has 18 heavy (non-hydrogen) atoms. The van der Waals surface area contributed by atoms with Gasteiger partial charge in [0.2, 0.25) is 5.89 Å². The largest absolute Gasteiger partial charge is 0.438 e. The van der Waals surface area contributed by atoms with Crippen LogP contribution in [0.1, 0.15) is 25.3 Å². The summed E-state index contributed by atoms with van der Waals surface area (Å²) in [6.07, 6.45) is 1.74. The Kier molecular flexibility index (Phi) is 4.43. The lowest BCUT2D eigenvalue weighted by molar-refractivity contribution is 0.459. The van der Waals surface area contributed by atoms with Crippen molar-refractivity contribution in [3.05, 3.63) is 28.1 Å². The highest BCUT2D eigenvalue weighted by Crippen LogP contribution is 2.36. The second-order valence-corrected chi connectivity index (χ2v) is 5.96. The Morgan fingerprint density at radius 1 is 1.50 bits per heavy atom. The number of aryl methyl sites for hydroxylation is 1. The van der Waals surface area contributed by atoms with Crippen LogP contribution in [0, 0.1) is 12.8 Å². The number of halogens is 1. The minimum Gasteiger partial charge on any atom is -0.438 e. The van der Waals surface area contributed by atoms with Crippen molar-refractivity contribution in [1.82, 2.24) is 10.3 Å². The number of rotatable bonds is 5. The lowest BCUT2D eigenvalue weighted by Crippen LogP contribution is -2.18. The summed E-state index contributed by atoms with van der Waals surface area (Å²) in [4.78, 5) is 5.21. The number of thiophene rings is 1. The van der Waals surface area contributed by atoms with E-state index >= 15 is 0 Å². The molecule has 0 radical (unpaired) electrons. The average molecular weight is 285 g/mol. The van der Waals surface area contributed by atoms with Gasteiger partial charge in [0.05, 0.1) is 22.6 Å². The van der Waals surface area contributed by atoms with Crippen molar-refractivity contribution in [1.29, 1.82) is 0 Å². The molecule has 2 heterocycles. The van der Waals surface area contributed by atoms with Crippen molar-refractivity contribution >= 4 is 22.9 Å². The van der Waals surface area contributed by atoms with E-state index in [2.05, 4.69) is 24.1 Å². The van der Waals surface area contributed by atoms with Gasteiger partial charge in [0.25, 0.3) is 0 Å². The minimum absolute atomic E-state index is 0.619. The molecule has 2 aromatic heterocycles. The zero-order chi connectivity index (χ0) is 13.1. The van der Waals surface area contributed by atoms with Gasteiger partial charge < -0.3 is 9.73 Å². The van der Waals surface area contributed by atoms with Crippen LogP contribution in [0.2, 0.25) is 5.02 Å². The first-order valence-electron chi connectivity index (χ1n) is 5.97. The molecule has 0 unspecified atom stereocenters. The van der Waals surface area contributed by atoms with Crippen LogP contribution in [0.3, 0.4) is 0 Å². The van der Waals surface area contributed by atoms with Crippen LogP contribution in [-0.2, 0) is 6.54 Å². The van der Waals surface area contributed by atoms with E-state index in [0.717, 1.165) is 27.8 Å². The van der Waals surface area contributed by atoms with Crippen molar-refractivity contribution in [2.45, 2.75) is 27.3 Å². The van der Waals surface area contributed by atoms with E-state index in [9.17, 15) is 0 Å². The van der Waals surface area contributed by atoms with Gasteiger partial charge in [-0.2, -0.15) is 0 Å². The van der Waals surface area contributed by atoms with Gasteiger partial charge in [-0.25, -0.2) is 4.98 Å². The van der Waals surface area contributed by atoms with Gasteiger partial charge in [0, 0.05) is 0 Å². The predicted molar refractivity (Wildman–Crippen MR) is 76.1 cm³/mol. The van der Waals surface area contributed by atoms with Crippen LogP contribution in [-0.4, -0.2) is 11.5 Å². The van der Waals surface area contributed by atoms with Crippen molar-refractivity contribution in [2.24, 2.45) is 5.92 Å². The second kappa shape index (κ2) is 5.87. The topological polar surface area (TPSA) is 38.1 Å². The normalized spacial score (nSPS) is 11.4. The minimum atomic E-state index is 0.619. The summed E-state index contributed by atoms with van der Waals surface area (Å²) in [5, 5.41) is 6.09. The molecule has 5 heteroatoms. The zero-order valence-corrected chi connectivity index (χ0v) is 12.4. The van der Waals surface area contributed by atoms with E-state index in [1.54, 1.807) is 17.5 Å². The quantitative estimate of drug-likeness (QED) is 0.898. The highest BCUT2D eigenvalue weighted by molar-refractivity contribution is 7.14. The predicted octanol–water partition coefficient (Wildman–Crippen LogP) is 4.11. The molecule has 0 saturated heterocycles. The summed E-state index contributed by atoms with van der Waals surface area (Å²) >= 11 is 7.79. The Labute approximate surface area is 116 Å². The number of hydrogen-bond acceptors (Lipinski definition) is 4. The zero-order valence-electron chi connectivity index (χ0n) is 10.8. The SMILES string of the molecule is Cc1csc(-c2cnc(CNCC(C)C)o2)c1Cl. The molecule has 0 aliphatic heterocycles. The number of nitrogens with zero attached hydrogens (tertiary/aromatic N) is 1. The van der Waals surface area contributed by atoms with Crippen LogP contribution in [0.25, 0.3) is 10.6 Å². The second-order valence-electron chi connectivity index (χ2n) is 4.70. The number of nitrogens with one attached hydrogen (secondary N) is 1. The number of hydrogen-bond donors (Lipinski definition) is 1. The molecular formula is C13H17ClN2OS. The van der Waals surface area contributed by atoms with Crippen molar-refractivity contribution in [3.8, 4) is 10.6 Å². The Hall–Kier alpha value is -0.840. The molecule has 3 nitrogen and oxygen atoms in total. The maximum atomic E-state index is 6.21. The van der Waals surface area contributed by atoms with Gasteiger partial charge in [0.15, 0.2) is 5.76 Å². The lowest BCUT2D eigenvalue weighted by atomic mass is 10.2. The number of oxazole rings is 1. The third-order valence-electron chi connectivity index (χ3n) is 2.51. The van der Waals surface area contributed by atoms with E-state index < -0.39 is 0 Å². The maximum absolute atomic E-state index is 6.21. The molecule has 0 aliphatic carbocycles. The summed E-state index contributed by atoms with van der Waals surface area (Å²) in [7, 11) is 0. The van der Waals surface area contributed by atoms with Crippen LogP contribution < -0.4 is 5.32 Å². The molecule has 0 fully saturated rings. The summed E-state index contributed by atoms with van der Waals surface area (Å²) in [5.74, 6) is 2.07. The fourth-order valence-electron chi connectivity index (χ4n) is 1.56. The summed E-state index contributed by atoms with van der Waals surface area (Å²) < 4.78 is 5.70. The van der Waals surface area contributed by atoms with Crippen LogP contribution in [0.5, 0.6) is 0 Å². The lowest BCUT2D eigenvalue weighted by Gasteiger charge is -2.04. The Morgan fingerprint density at radius 2 is 2.28 bits per heavy atom. The van der Waals surface area contributed by atoms with Gasteiger partial charge in [-0.15, -0.1) is 11.3 Å². The molecule has 0 saturated carbocycles. The van der Waals surface area contributed by atoms with E-state index in [-0.39, 0.29) is 0 Å². The first-order chi connectivity index (χ1) is 8.58. The van der Waals surface area contributed by atoms with E-state index in [0.29, 0.717) is 18.4 Å². The smallest absolute Gasteiger partial charge is 0.208 e. The molecule has 98 valence electrons. The molecule has 2 rings (SSSR count). The molecule has 0 aromatic carbocycles. The molecule has 1 N–H and O–H groups in total. The van der Waals surface area contributed by atoms with Crippen LogP contribution in [0.4, 0.5) is 0 Å².